The number of nitrogens with zero attached hydrogens (tertiary/aromatic N) is 1. The van der Waals surface area contributed by atoms with Crippen LogP contribution in [-0.2, 0) is 6.42 Å². The maximum absolute atomic E-state index is 11.0. The highest BCUT2D eigenvalue weighted by atomic mass is 35.5. The van der Waals surface area contributed by atoms with E-state index in [1.165, 1.54) is 5.06 Å². The van der Waals surface area contributed by atoms with Crippen LogP contribution in [0.5, 0.6) is 0 Å². The van der Waals surface area contributed by atoms with Crippen LogP contribution in [0.25, 0.3) is 0 Å². The van der Waals surface area contributed by atoms with E-state index in [1.807, 2.05) is 91.9 Å². The SMILES string of the molecule is CC(Cc1ccccc1Cl)N(O)C(c1ccccc1)c1ccccc1. The number of hydrogen-bond donors (Lipinski definition) is 1. The van der Waals surface area contributed by atoms with Gasteiger partial charge in [0.1, 0.15) is 0 Å². The Morgan fingerprint density at radius 2 is 1.28 bits per heavy atom. The van der Waals surface area contributed by atoms with Gasteiger partial charge in [-0.3, -0.25) is 0 Å². The van der Waals surface area contributed by atoms with Gasteiger partial charge in [-0.15, -0.1) is 0 Å². The lowest BCUT2D eigenvalue weighted by Crippen LogP contribution is -2.35. The highest BCUT2D eigenvalue weighted by molar-refractivity contribution is 6.31. The van der Waals surface area contributed by atoms with Crippen molar-refractivity contribution in [3.8, 4) is 0 Å². The molecule has 0 saturated heterocycles. The van der Waals surface area contributed by atoms with Crippen LogP contribution in [0.2, 0.25) is 5.02 Å². The minimum Gasteiger partial charge on any atom is -0.313 e. The summed E-state index contributed by atoms with van der Waals surface area (Å²) in [4.78, 5) is 0. The first-order valence-corrected chi connectivity index (χ1v) is 8.85. The summed E-state index contributed by atoms with van der Waals surface area (Å²) in [5.41, 5.74) is 3.15. The smallest absolute Gasteiger partial charge is 0.0852 e. The first kappa shape index (κ1) is 17.7. The first-order chi connectivity index (χ1) is 12.2. The molecule has 0 heterocycles. The number of rotatable bonds is 6. The van der Waals surface area contributed by atoms with E-state index in [9.17, 15) is 5.21 Å². The zero-order valence-electron chi connectivity index (χ0n) is 14.2. The fraction of sp³-hybridized carbons (Fsp3) is 0.182. The molecule has 1 unspecified atom stereocenters. The molecule has 3 aromatic rings. The lowest BCUT2D eigenvalue weighted by molar-refractivity contribution is -0.146. The van der Waals surface area contributed by atoms with E-state index in [1.54, 1.807) is 0 Å². The summed E-state index contributed by atoms with van der Waals surface area (Å²) < 4.78 is 0. The van der Waals surface area contributed by atoms with E-state index < -0.39 is 0 Å². The molecule has 0 aliphatic carbocycles. The van der Waals surface area contributed by atoms with Crippen molar-refractivity contribution >= 4 is 11.6 Å². The van der Waals surface area contributed by atoms with Crippen molar-refractivity contribution in [1.82, 2.24) is 5.06 Å². The minimum atomic E-state index is -0.222. The lowest BCUT2D eigenvalue weighted by Gasteiger charge is -2.32. The molecule has 2 nitrogen and oxygen atoms in total. The van der Waals surface area contributed by atoms with Gasteiger partial charge in [0.2, 0.25) is 0 Å². The molecule has 0 amide bonds. The van der Waals surface area contributed by atoms with Gasteiger partial charge in [0.05, 0.1) is 6.04 Å². The molecule has 1 N–H and O–H groups in total. The van der Waals surface area contributed by atoms with Crippen LogP contribution >= 0.6 is 11.6 Å². The van der Waals surface area contributed by atoms with E-state index in [4.69, 9.17) is 11.6 Å². The fourth-order valence-electron chi connectivity index (χ4n) is 3.10. The lowest BCUT2D eigenvalue weighted by atomic mass is 9.96. The molecule has 0 fully saturated rings. The topological polar surface area (TPSA) is 23.5 Å². The Morgan fingerprint density at radius 1 is 0.800 bits per heavy atom. The standard InChI is InChI=1S/C22H22ClNO/c1-17(16-20-14-8-9-15-21(20)23)24(25)22(18-10-4-2-5-11-18)19-12-6-3-7-13-19/h2-15,17,22,25H,16H2,1H3. The highest BCUT2D eigenvalue weighted by Gasteiger charge is 2.25. The van der Waals surface area contributed by atoms with Crippen LogP contribution in [0.3, 0.4) is 0 Å². The molecule has 0 aliphatic heterocycles. The van der Waals surface area contributed by atoms with Crippen molar-refractivity contribution in [3.63, 3.8) is 0 Å². The molecule has 0 bridgehead atoms. The van der Waals surface area contributed by atoms with Crippen molar-refractivity contribution in [2.75, 3.05) is 0 Å². The van der Waals surface area contributed by atoms with Crippen molar-refractivity contribution in [1.29, 1.82) is 0 Å². The predicted octanol–water partition coefficient (Wildman–Crippen LogP) is 5.75. The second kappa shape index (κ2) is 8.30. The third-order valence-electron chi connectivity index (χ3n) is 4.42. The van der Waals surface area contributed by atoms with E-state index in [-0.39, 0.29) is 12.1 Å². The number of benzene rings is 3. The van der Waals surface area contributed by atoms with Crippen LogP contribution in [-0.4, -0.2) is 16.3 Å². The van der Waals surface area contributed by atoms with E-state index in [0.29, 0.717) is 6.42 Å². The largest absolute Gasteiger partial charge is 0.313 e. The molecular weight excluding hydrogens is 330 g/mol. The van der Waals surface area contributed by atoms with Gasteiger partial charge in [-0.1, -0.05) is 90.5 Å². The molecule has 0 aromatic heterocycles. The Kier molecular flexibility index (Phi) is 5.87. The van der Waals surface area contributed by atoms with Gasteiger partial charge in [-0.2, -0.15) is 5.06 Å². The highest BCUT2D eigenvalue weighted by Crippen LogP contribution is 2.30. The summed E-state index contributed by atoms with van der Waals surface area (Å²) in [5.74, 6) is 0. The third-order valence-corrected chi connectivity index (χ3v) is 4.79. The molecule has 3 heteroatoms. The van der Waals surface area contributed by atoms with Gasteiger partial charge in [0, 0.05) is 11.1 Å². The Morgan fingerprint density at radius 3 is 1.80 bits per heavy atom. The Bertz CT molecular complexity index is 752. The molecular formula is C22H22ClNO. The van der Waals surface area contributed by atoms with Crippen LogP contribution in [0.4, 0.5) is 0 Å². The van der Waals surface area contributed by atoms with Gasteiger partial charge >= 0.3 is 0 Å². The Hall–Kier alpha value is -2.13. The fourth-order valence-corrected chi connectivity index (χ4v) is 3.31. The molecule has 1 atom stereocenters. The minimum absolute atomic E-state index is 0.0923. The third kappa shape index (κ3) is 4.29. The zero-order chi connectivity index (χ0) is 17.6. The maximum Gasteiger partial charge on any atom is 0.0852 e. The van der Waals surface area contributed by atoms with Crippen LogP contribution < -0.4 is 0 Å². The molecule has 25 heavy (non-hydrogen) atoms. The van der Waals surface area contributed by atoms with Gasteiger partial charge in [0.25, 0.3) is 0 Å². The average molecular weight is 352 g/mol. The molecule has 0 saturated carbocycles. The summed E-state index contributed by atoms with van der Waals surface area (Å²) >= 11 is 6.29. The first-order valence-electron chi connectivity index (χ1n) is 8.47. The second-order valence-corrected chi connectivity index (χ2v) is 6.66. The number of hydrogen-bond acceptors (Lipinski definition) is 2. The molecule has 3 aromatic carbocycles. The molecule has 0 aliphatic rings. The van der Waals surface area contributed by atoms with Crippen LogP contribution in [0.1, 0.15) is 29.7 Å². The second-order valence-electron chi connectivity index (χ2n) is 6.25. The summed E-state index contributed by atoms with van der Waals surface area (Å²) in [6.07, 6.45) is 0.673. The summed E-state index contributed by atoms with van der Waals surface area (Å²) in [5, 5.41) is 13.2. The van der Waals surface area contributed by atoms with Crippen molar-refractivity contribution < 1.29 is 5.21 Å². The Labute approximate surface area is 154 Å². The van der Waals surface area contributed by atoms with Crippen LogP contribution in [0.15, 0.2) is 84.9 Å². The maximum atomic E-state index is 11.0. The molecule has 128 valence electrons. The molecule has 0 spiro atoms. The Balaban J connectivity index is 1.89. The van der Waals surface area contributed by atoms with Crippen molar-refractivity contribution in [3.05, 3.63) is 107 Å². The average Bonchev–Trinajstić information content (AvgIpc) is 2.65. The van der Waals surface area contributed by atoms with Crippen molar-refractivity contribution in [2.24, 2.45) is 0 Å². The van der Waals surface area contributed by atoms with Crippen LogP contribution in [0, 0.1) is 0 Å². The quantitative estimate of drug-likeness (QED) is 0.571. The van der Waals surface area contributed by atoms with Gasteiger partial charge in [-0.25, -0.2) is 0 Å². The normalized spacial score (nSPS) is 12.5. The summed E-state index contributed by atoms with van der Waals surface area (Å²) in [7, 11) is 0. The van der Waals surface area contributed by atoms with E-state index in [0.717, 1.165) is 21.7 Å². The zero-order valence-corrected chi connectivity index (χ0v) is 15.0. The van der Waals surface area contributed by atoms with Gasteiger partial charge in [-0.05, 0) is 36.1 Å². The monoisotopic (exact) mass is 351 g/mol. The van der Waals surface area contributed by atoms with Gasteiger partial charge < -0.3 is 5.21 Å². The van der Waals surface area contributed by atoms with Crippen molar-refractivity contribution in [2.45, 2.75) is 25.4 Å². The predicted molar refractivity (Wildman–Crippen MR) is 103 cm³/mol. The van der Waals surface area contributed by atoms with E-state index in [2.05, 4.69) is 0 Å². The van der Waals surface area contributed by atoms with E-state index >= 15 is 0 Å². The molecule has 0 radical (unpaired) electrons. The summed E-state index contributed by atoms with van der Waals surface area (Å²) in [6, 6.07) is 27.6. The number of halogens is 1. The summed E-state index contributed by atoms with van der Waals surface area (Å²) in [6.45, 7) is 2.02. The molecule has 3 rings (SSSR count). The van der Waals surface area contributed by atoms with Gasteiger partial charge in [0.15, 0.2) is 0 Å². The number of hydroxylamine groups is 2.